The summed E-state index contributed by atoms with van der Waals surface area (Å²) in [5.74, 6) is -38.1. The Labute approximate surface area is 197 Å². The van der Waals surface area contributed by atoms with Crippen LogP contribution in [0.2, 0.25) is 0 Å². The van der Waals surface area contributed by atoms with Crippen molar-refractivity contribution in [2.24, 2.45) is 5.92 Å². The summed E-state index contributed by atoms with van der Waals surface area (Å²) < 4.78 is 175. The third kappa shape index (κ3) is 7.92. The Hall–Kier alpha value is -0.640. The molecule has 0 aromatic rings. The van der Waals surface area contributed by atoms with Crippen LogP contribution in [0.15, 0.2) is 0 Å². The normalized spacial score (nSPS) is 16.5. The van der Waals surface area contributed by atoms with Crippen LogP contribution in [0.25, 0.3) is 0 Å². The predicted molar refractivity (Wildman–Crippen MR) is 103 cm³/mol. The monoisotopic (exact) mass is 566 g/mol. The SMILES string of the molecule is CCCCC(CC)COCC(O)CSCCC(F)(F)C(F)(F)C(F)(F)C(F)(F)C(F)(F)C(F)(F)F. The van der Waals surface area contributed by atoms with Gasteiger partial charge in [0.15, 0.2) is 0 Å². The second kappa shape index (κ2) is 12.7. The molecule has 0 bridgehead atoms. The minimum atomic E-state index is -7.89. The maximum Gasteiger partial charge on any atom is 0.460 e. The van der Waals surface area contributed by atoms with Crippen molar-refractivity contribution in [3.05, 3.63) is 0 Å². The molecule has 0 saturated heterocycles. The van der Waals surface area contributed by atoms with E-state index in [1.54, 1.807) is 0 Å². The van der Waals surface area contributed by atoms with Crippen molar-refractivity contribution in [1.82, 2.24) is 0 Å². The molecule has 0 aliphatic heterocycles. The Bertz CT molecular complexity index is 626. The summed E-state index contributed by atoms with van der Waals surface area (Å²) >= 11 is 0.307. The van der Waals surface area contributed by atoms with E-state index < -0.39 is 59.8 Å². The molecule has 35 heavy (non-hydrogen) atoms. The van der Waals surface area contributed by atoms with Crippen LogP contribution in [0.3, 0.4) is 0 Å². The van der Waals surface area contributed by atoms with Crippen LogP contribution in [0, 0.1) is 5.92 Å². The fourth-order valence-electron chi connectivity index (χ4n) is 2.70. The van der Waals surface area contributed by atoms with E-state index in [0.717, 1.165) is 25.7 Å². The maximum atomic E-state index is 13.7. The topological polar surface area (TPSA) is 29.5 Å². The quantitative estimate of drug-likeness (QED) is 0.147. The van der Waals surface area contributed by atoms with Crippen LogP contribution in [-0.4, -0.2) is 71.7 Å². The number of aliphatic hydroxyl groups is 1. The fourth-order valence-corrected chi connectivity index (χ4v) is 3.63. The zero-order valence-corrected chi connectivity index (χ0v) is 19.5. The number of rotatable bonds is 17. The molecule has 212 valence electrons. The maximum absolute atomic E-state index is 13.7. The zero-order chi connectivity index (χ0) is 27.9. The van der Waals surface area contributed by atoms with E-state index in [0.29, 0.717) is 11.8 Å². The Morgan fingerprint density at radius 1 is 0.743 bits per heavy atom. The summed E-state index contributed by atoms with van der Waals surface area (Å²) in [4.78, 5) is 0. The first-order valence-corrected chi connectivity index (χ1v) is 11.6. The molecule has 0 amide bonds. The molecule has 0 spiro atoms. The molecule has 2 unspecified atom stereocenters. The standard InChI is InChI=1S/C19H27F13O2S/c1-3-5-6-12(4-2)9-34-10-13(33)11-35-8-7-14(20,21)15(22,23)16(24,25)17(26,27)18(28,29)19(30,31)32/h12-13,33H,3-11H2,1-2H3. The molecular formula is C19H27F13O2S. The largest absolute Gasteiger partial charge is 0.460 e. The Morgan fingerprint density at radius 2 is 1.26 bits per heavy atom. The molecule has 0 fully saturated rings. The molecule has 0 rings (SSSR count). The van der Waals surface area contributed by atoms with Gasteiger partial charge < -0.3 is 9.84 Å². The van der Waals surface area contributed by atoms with Gasteiger partial charge in [-0.25, -0.2) is 0 Å². The van der Waals surface area contributed by atoms with Crippen molar-refractivity contribution in [3.8, 4) is 0 Å². The molecule has 0 aromatic carbocycles. The molecule has 0 radical (unpaired) electrons. The number of hydrogen-bond donors (Lipinski definition) is 1. The molecule has 0 aromatic heterocycles. The average molecular weight is 566 g/mol. The molecule has 2 atom stereocenters. The lowest BCUT2D eigenvalue weighted by atomic mass is 9.93. The molecule has 0 saturated carbocycles. The lowest BCUT2D eigenvalue weighted by Gasteiger charge is -2.39. The Morgan fingerprint density at radius 3 is 1.71 bits per heavy atom. The minimum absolute atomic E-state index is 0.195. The van der Waals surface area contributed by atoms with Gasteiger partial charge in [0.25, 0.3) is 0 Å². The van der Waals surface area contributed by atoms with Crippen LogP contribution >= 0.6 is 11.8 Å². The average Bonchev–Trinajstić information content (AvgIpc) is 2.72. The lowest BCUT2D eigenvalue weighted by Crippen LogP contribution is -2.70. The zero-order valence-electron chi connectivity index (χ0n) is 18.7. The van der Waals surface area contributed by atoms with Gasteiger partial charge in [0.2, 0.25) is 0 Å². The van der Waals surface area contributed by atoms with E-state index in [1.165, 1.54) is 0 Å². The first kappa shape index (κ1) is 34.4. The number of thioether (sulfide) groups is 1. The Balaban J connectivity index is 4.98. The smallest absolute Gasteiger partial charge is 0.390 e. The van der Waals surface area contributed by atoms with Crippen molar-refractivity contribution in [1.29, 1.82) is 0 Å². The second-order valence-electron chi connectivity index (χ2n) is 7.93. The Kier molecular flexibility index (Phi) is 12.5. The highest BCUT2D eigenvalue weighted by Gasteiger charge is 2.90. The summed E-state index contributed by atoms with van der Waals surface area (Å²) in [6.07, 6.45) is -7.46. The molecule has 0 aliphatic carbocycles. The number of unbranched alkanes of at least 4 members (excludes halogenated alkanes) is 1. The van der Waals surface area contributed by atoms with Crippen molar-refractivity contribution in [3.63, 3.8) is 0 Å². The van der Waals surface area contributed by atoms with Crippen LogP contribution < -0.4 is 0 Å². The van der Waals surface area contributed by atoms with Gasteiger partial charge in [-0.05, 0) is 18.1 Å². The molecular weight excluding hydrogens is 539 g/mol. The van der Waals surface area contributed by atoms with Gasteiger partial charge >= 0.3 is 35.8 Å². The lowest BCUT2D eigenvalue weighted by molar-refractivity contribution is -0.439. The van der Waals surface area contributed by atoms with Gasteiger partial charge in [-0.3, -0.25) is 0 Å². The van der Waals surface area contributed by atoms with Gasteiger partial charge in [-0.15, -0.1) is 0 Å². The number of hydrogen-bond acceptors (Lipinski definition) is 3. The van der Waals surface area contributed by atoms with Crippen LogP contribution in [0.1, 0.15) is 46.0 Å². The van der Waals surface area contributed by atoms with E-state index in [9.17, 15) is 62.2 Å². The summed E-state index contributed by atoms with van der Waals surface area (Å²) in [5, 5.41) is 9.71. The van der Waals surface area contributed by atoms with Gasteiger partial charge in [-0.1, -0.05) is 33.1 Å². The minimum Gasteiger partial charge on any atom is -0.390 e. The number of alkyl halides is 13. The van der Waals surface area contributed by atoms with Crippen molar-refractivity contribution in [2.75, 3.05) is 24.7 Å². The van der Waals surface area contributed by atoms with Gasteiger partial charge in [0.05, 0.1) is 12.7 Å². The summed E-state index contributed by atoms with van der Waals surface area (Å²) in [6, 6.07) is 0. The molecule has 16 heteroatoms. The van der Waals surface area contributed by atoms with Crippen LogP contribution in [-0.2, 0) is 4.74 Å². The van der Waals surface area contributed by atoms with E-state index in [2.05, 4.69) is 0 Å². The molecule has 0 aliphatic rings. The van der Waals surface area contributed by atoms with Gasteiger partial charge in [-0.2, -0.15) is 68.8 Å². The predicted octanol–water partition coefficient (Wildman–Crippen LogP) is 7.44. The van der Waals surface area contributed by atoms with Gasteiger partial charge in [0.1, 0.15) is 0 Å². The van der Waals surface area contributed by atoms with Crippen molar-refractivity contribution < 1.29 is 66.9 Å². The summed E-state index contributed by atoms with van der Waals surface area (Å²) in [7, 11) is 0. The highest BCUT2D eigenvalue weighted by Crippen LogP contribution is 2.60. The first-order chi connectivity index (χ1) is 15.6. The van der Waals surface area contributed by atoms with E-state index in [1.807, 2.05) is 13.8 Å². The second-order valence-corrected chi connectivity index (χ2v) is 9.08. The molecule has 0 heterocycles. The first-order valence-electron chi connectivity index (χ1n) is 10.4. The van der Waals surface area contributed by atoms with Crippen molar-refractivity contribution in [2.45, 2.75) is 87.8 Å². The number of aliphatic hydroxyl groups excluding tert-OH is 1. The summed E-state index contributed by atoms with van der Waals surface area (Å²) in [5.41, 5.74) is 0. The van der Waals surface area contributed by atoms with E-state index >= 15 is 0 Å². The molecule has 2 nitrogen and oxygen atoms in total. The highest BCUT2D eigenvalue weighted by molar-refractivity contribution is 7.99. The highest BCUT2D eigenvalue weighted by atomic mass is 32.2. The van der Waals surface area contributed by atoms with Crippen LogP contribution in [0.4, 0.5) is 57.1 Å². The third-order valence-corrected chi connectivity index (χ3v) is 6.19. The van der Waals surface area contributed by atoms with Gasteiger partial charge in [0, 0.05) is 18.8 Å². The summed E-state index contributed by atoms with van der Waals surface area (Å²) in [6.45, 7) is 3.89. The third-order valence-electron chi connectivity index (χ3n) is 5.08. The van der Waals surface area contributed by atoms with E-state index in [-0.39, 0.29) is 19.1 Å². The fraction of sp³-hybridized carbons (Fsp3) is 1.00. The molecule has 1 N–H and O–H groups in total. The number of ether oxygens (including phenoxy) is 1. The number of halogens is 13. The van der Waals surface area contributed by atoms with Crippen molar-refractivity contribution >= 4 is 11.8 Å². The van der Waals surface area contributed by atoms with E-state index in [4.69, 9.17) is 4.74 Å². The van der Waals surface area contributed by atoms with Crippen LogP contribution in [0.5, 0.6) is 0 Å².